The minimum atomic E-state index is -3.23. The van der Waals surface area contributed by atoms with Gasteiger partial charge in [0.25, 0.3) is 0 Å². The molecular formula is C16H24O2S. The summed E-state index contributed by atoms with van der Waals surface area (Å²) in [6, 6.07) is 5.68. The van der Waals surface area contributed by atoms with E-state index in [-0.39, 0.29) is 5.25 Å². The van der Waals surface area contributed by atoms with Crippen molar-refractivity contribution in [3.63, 3.8) is 0 Å². The van der Waals surface area contributed by atoms with Crippen LogP contribution in [0.15, 0.2) is 35.7 Å². The molecule has 0 fully saturated rings. The van der Waals surface area contributed by atoms with Crippen LogP contribution in [-0.2, 0) is 16.3 Å². The smallest absolute Gasteiger partial charge is 0.181 e. The molecular weight excluding hydrogens is 256 g/mol. The third-order valence-corrected chi connectivity index (χ3v) is 5.93. The van der Waals surface area contributed by atoms with Gasteiger partial charge in [0.05, 0.1) is 10.1 Å². The summed E-state index contributed by atoms with van der Waals surface area (Å²) in [7, 11) is -3.23. The Bertz CT molecular complexity index is 542. The van der Waals surface area contributed by atoms with Gasteiger partial charge in [0.2, 0.25) is 0 Å². The van der Waals surface area contributed by atoms with Crippen molar-refractivity contribution in [3.8, 4) is 0 Å². The molecule has 0 bridgehead atoms. The van der Waals surface area contributed by atoms with Crippen molar-refractivity contribution in [2.45, 2.75) is 56.6 Å². The summed E-state index contributed by atoms with van der Waals surface area (Å²) >= 11 is 0. The van der Waals surface area contributed by atoms with Crippen LogP contribution in [0.3, 0.4) is 0 Å². The quantitative estimate of drug-likeness (QED) is 0.735. The fourth-order valence-electron chi connectivity index (χ4n) is 1.99. The monoisotopic (exact) mass is 280 g/mol. The van der Waals surface area contributed by atoms with Gasteiger partial charge < -0.3 is 0 Å². The second-order valence-corrected chi connectivity index (χ2v) is 7.61. The maximum Gasteiger partial charge on any atom is 0.181 e. The molecule has 0 heterocycles. The van der Waals surface area contributed by atoms with Crippen molar-refractivity contribution in [2.75, 3.05) is 0 Å². The molecule has 2 nitrogen and oxygen atoms in total. The van der Waals surface area contributed by atoms with Crippen molar-refractivity contribution in [1.29, 1.82) is 0 Å². The molecule has 1 aromatic carbocycles. The summed E-state index contributed by atoms with van der Waals surface area (Å²) < 4.78 is 25.0. The van der Waals surface area contributed by atoms with Gasteiger partial charge in [0, 0.05) is 0 Å². The van der Waals surface area contributed by atoms with E-state index in [1.807, 2.05) is 19.1 Å². The van der Waals surface area contributed by atoms with Crippen LogP contribution < -0.4 is 0 Å². The van der Waals surface area contributed by atoms with Gasteiger partial charge in [-0.25, -0.2) is 8.42 Å². The van der Waals surface area contributed by atoms with Crippen molar-refractivity contribution in [1.82, 2.24) is 0 Å². The molecule has 0 aliphatic heterocycles. The maximum atomic E-state index is 12.5. The number of allylic oxidation sites excluding steroid dienone is 1. The molecule has 1 unspecified atom stereocenters. The van der Waals surface area contributed by atoms with E-state index in [1.54, 1.807) is 19.1 Å². The lowest BCUT2D eigenvalue weighted by molar-refractivity contribution is 0.580. The highest BCUT2D eigenvalue weighted by atomic mass is 32.2. The molecule has 0 amide bonds. The van der Waals surface area contributed by atoms with E-state index in [0.717, 1.165) is 5.56 Å². The maximum absolute atomic E-state index is 12.5. The Morgan fingerprint density at radius 2 is 1.89 bits per heavy atom. The highest BCUT2D eigenvalue weighted by Crippen LogP contribution is 2.26. The Labute approximate surface area is 117 Å². The Hall–Kier alpha value is -1.09. The molecule has 0 saturated carbocycles. The van der Waals surface area contributed by atoms with E-state index in [9.17, 15) is 8.42 Å². The van der Waals surface area contributed by atoms with E-state index in [1.165, 1.54) is 5.56 Å². The average molecular weight is 280 g/mol. The standard InChI is InChI=1S/C16H24O2S/c1-6-8-15-11-14(12(3)4)9-10-16(15)19(17,18)13(5)7-2/h6,9-13H,1,7-8H2,2-5H3. The summed E-state index contributed by atoms with van der Waals surface area (Å²) in [5.41, 5.74) is 2.03. The number of benzene rings is 1. The van der Waals surface area contributed by atoms with Crippen molar-refractivity contribution in [3.05, 3.63) is 42.0 Å². The van der Waals surface area contributed by atoms with Crippen LogP contribution in [0.2, 0.25) is 0 Å². The molecule has 0 spiro atoms. The molecule has 0 radical (unpaired) electrons. The van der Waals surface area contributed by atoms with Crippen LogP contribution in [0.1, 0.15) is 51.2 Å². The van der Waals surface area contributed by atoms with Gasteiger partial charge in [-0.15, -0.1) is 6.58 Å². The van der Waals surface area contributed by atoms with E-state index in [2.05, 4.69) is 20.4 Å². The average Bonchev–Trinajstić information content (AvgIpc) is 2.37. The second kappa shape index (κ2) is 6.38. The fraction of sp³-hybridized carbons (Fsp3) is 0.500. The van der Waals surface area contributed by atoms with Crippen LogP contribution >= 0.6 is 0 Å². The molecule has 0 aliphatic carbocycles. The van der Waals surface area contributed by atoms with Gasteiger partial charge in [-0.3, -0.25) is 0 Å². The van der Waals surface area contributed by atoms with Crippen LogP contribution in [0.25, 0.3) is 0 Å². The lowest BCUT2D eigenvalue weighted by atomic mass is 10.00. The lowest BCUT2D eigenvalue weighted by Crippen LogP contribution is -2.18. The highest BCUT2D eigenvalue weighted by molar-refractivity contribution is 7.92. The Morgan fingerprint density at radius 3 is 2.37 bits per heavy atom. The summed E-state index contributed by atoms with van der Waals surface area (Å²) in [5.74, 6) is 0.393. The third kappa shape index (κ3) is 3.47. The minimum Gasteiger partial charge on any atom is -0.223 e. The van der Waals surface area contributed by atoms with Crippen molar-refractivity contribution >= 4 is 9.84 Å². The molecule has 1 aromatic rings. The lowest BCUT2D eigenvalue weighted by Gasteiger charge is -2.16. The molecule has 0 aromatic heterocycles. The molecule has 0 N–H and O–H groups in total. The summed E-state index contributed by atoms with van der Waals surface area (Å²) in [4.78, 5) is 0.464. The van der Waals surface area contributed by atoms with Crippen LogP contribution in [-0.4, -0.2) is 13.7 Å². The Balaban J connectivity index is 3.39. The Kier molecular flexibility index (Phi) is 5.36. The first-order chi connectivity index (χ1) is 8.84. The SMILES string of the molecule is C=CCc1cc(C(C)C)ccc1S(=O)(=O)C(C)CC. The van der Waals surface area contributed by atoms with E-state index in [4.69, 9.17) is 0 Å². The van der Waals surface area contributed by atoms with Gasteiger partial charge in [-0.2, -0.15) is 0 Å². The van der Waals surface area contributed by atoms with E-state index >= 15 is 0 Å². The largest absolute Gasteiger partial charge is 0.223 e. The predicted molar refractivity (Wildman–Crippen MR) is 81.4 cm³/mol. The number of hydrogen-bond acceptors (Lipinski definition) is 2. The summed E-state index contributed by atoms with van der Waals surface area (Å²) in [6.45, 7) is 11.6. The van der Waals surface area contributed by atoms with E-state index < -0.39 is 9.84 Å². The van der Waals surface area contributed by atoms with Gasteiger partial charge in [0.15, 0.2) is 9.84 Å². The number of sulfone groups is 1. The number of hydrogen-bond donors (Lipinski definition) is 0. The van der Waals surface area contributed by atoms with Crippen molar-refractivity contribution in [2.24, 2.45) is 0 Å². The molecule has 0 saturated heterocycles. The summed E-state index contributed by atoms with van der Waals surface area (Å²) in [6.07, 6.45) is 2.97. The molecule has 106 valence electrons. The van der Waals surface area contributed by atoms with Crippen LogP contribution in [0.5, 0.6) is 0 Å². The van der Waals surface area contributed by atoms with Gasteiger partial charge in [0.1, 0.15) is 0 Å². The zero-order valence-electron chi connectivity index (χ0n) is 12.3. The molecule has 1 atom stereocenters. The molecule has 19 heavy (non-hydrogen) atoms. The first kappa shape index (κ1) is 16.0. The molecule has 0 aliphatic rings. The normalized spacial score (nSPS) is 13.5. The van der Waals surface area contributed by atoms with Crippen molar-refractivity contribution < 1.29 is 8.42 Å². The third-order valence-electron chi connectivity index (χ3n) is 3.53. The molecule has 3 heteroatoms. The highest BCUT2D eigenvalue weighted by Gasteiger charge is 2.24. The first-order valence-electron chi connectivity index (χ1n) is 6.82. The fourth-order valence-corrected chi connectivity index (χ4v) is 3.62. The van der Waals surface area contributed by atoms with E-state index in [0.29, 0.717) is 23.7 Å². The predicted octanol–water partition coefficient (Wildman–Crippen LogP) is 4.11. The first-order valence-corrected chi connectivity index (χ1v) is 8.36. The summed E-state index contributed by atoms with van der Waals surface area (Å²) in [5, 5.41) is -0.346. The number of rotatable bonds is 6. The molecule has 1 rings (SSSR count). The second-order valence-electron chi connectivity index (χ2n) is 5.28. The van der Waals surface area contributed by atoms with Crippen LogP contribution in [0, 0.1) is 0 Å². The minimum absolute atomic E-state index is 0.346. The zero-order chi connectivity index (χ0) is 14.6. The topological polar surface area (TPSA) is 34.1 Å². The van der Waals surface area contributed by atoms with Gasteiger partial charge >= 0.3 is 0 Å². The Morgan fingerprint density at radius 1 is 1.26 bits per heavy atom. The zero-order valence-corrected chi connectivity index (χ0v) is 13.1. The van der Waals surface area contributed by atoms with Gasteiger partial charge in [-0.05, 0) is 42.9 Å². The van der Waals surface area contributed by atoms with Crippen LogP contribution in [0.4, 0.5) is 0 Å². The van der Waals surface area contributed by atoms with Gasteiger partial charge in [-0.1, -0.05) is 39.0 Å².